The Morgan fingerprint density at radius 1 is 1.30 bits per heavy atom. The predicted octanol–water partition coefficient (Wildman–Crippen LogP) is 2.20. The molecule has 1 heterocycles. The van der Waals surface area contributed by atoms with E-state index in [0.717, 1.165) is 37.3 Å². The molecule has 1 fully saturated rings. The van der Waals surface area contributed by atoms with Crippen LogP contribution in [0.25, 0.3) is 0 Å². The molecule has 1 aromatic carbocycles. The Morgan fingerprint density at radius 3 is 2.45 bits per heavy atom. The fourth-order valence-corrected chi connectivity index (χ4v) is 2.83. The van der Waals surface area contributed by atoms with E-state index in [1.54, 1.807) is 0 Å². The summed E-state index contributed by atoms with van der Waals surface area (Å²) in [6, 6.07) is 6.88. The lowest BCUT2D eigenvalue weighted by molar-refractivity contribution is 0.193. The number of amidine groups is 1. The van der Waals surface area contributed by atoms with Gasteiger partial charge < -0.3 is 10.6 Å². The van der Waals surface area contributed by atoms with E-state index >= 15 is 0 Å². The molecule has 0 saturated carbocycles. The number of hydrogen-bond donors (Lipinski definition) is 2. The first-order chi connectivity index (χ1) is 9.52. The summed E-state index contributed by atoms with van der Waals surface area (Å²) in [5.74, 6) is 0.149. The van der Waals surface area contributed by atoms with Crippen LogP contribution in [0.2, 0.25) is 0 Å². The first-order valence-corrected chi connectivity index (χ1v) is 7.47. The highest BCUT2D eigenvalue weighted by Crippen LogP contribution is 2.21. The van der Waals surface area contributed by atoms with Crippen LogP contribution in [0.5, 0.6) is 0 Å². The van der Waals surface area contributed by atoms with Crippen molar-refractivity contribution in [2.75, 3.05) is 31.1 Å². The van der Waals surface area contributed by atoms with E-state index in [2.05, 4.69) is 35.8 Å². The third kappa shape index (κ3) is 3.12. The van der Waals surface area contributed by atoms with Crippen molar-refractivity contribution in [3.63, 3.8) is 0 Å². The molecule has 1 aromatic rings. The second-order valence-corrected chi connectivity index (χ2v) is 5.69. The molecular weight excluding hydrogens is 248 g/mol. The van der Waals surface area contributed by atoms with Crippen molar-refractivity contribution in [3.8, 4) is 0 Å². The first-order valence-electron chi connectivity index (χ1n) is 7.47. The fourth-order valence-electron chi connectivity index (χ4n) is 2.83. The maximum absolute atomic E-state index is 7.54. The molecule has 0 amide bonds. The maximum Gasteiger partial charge on any atom is 0.123 e. The van der Waals surface area contributed by atoms with E-state index in [-0.39, 0.29) is 5.84 Å². The number of hydrogen-bond acceptors (Lipinski definition) is 3. The van der Waals surface area contributed by atoms with E-state index in [0.29, 0.717) is 6.04 Å². The number of nitrogen functional groups attached to an aromatic ring is 1. The lowest BCUT2D eigenvalue weighted by Crippen LogP contribution is -2.49. The van der Waals surface area contributed by atoms with Crippen LogP contribution in [0.3, 0.4) is 0 Å². The highest BCUT2D eigenvalue weighted by molar-refractivity contribution is 5.96. The van der Waals surface area contributed by atoms with Crippen molar-refractivity contribution in [1.29, 1.82) is 5.41 Å². The van der Waals surface area contributed by atoms with Crippen LogP contribution in [0.4, 0.5) is 5.69 Å². The standard InChI is InChI=1S/C16H26N4/c1-4-13(3)19-7-9-20(10-8-19)14-5-6-15(16(17)18)12(2)11-14/h5-6,11,13H,4,7-10H2,1-3H3,(H3,17,18). The van der Waals surface area contributed by atoms with Crippen LogP contribution in [-0.2, 0) is 0 Å². The van der Waals surface area contributed by atoms with Crippen molar-refractivity contribution in [3.05, 3.63) is 29.3 Å². The second kappa shape index (κ2) is 6.27. The second-order valence-electron chi connectivity index (χ2n) is 5.69. The zero-order valence-electron chi connectivity index (χ0n) is 12.8. The lowest BCUT2D eigenvalue weighted by Gasteiger charge is -2.39. The summed E-state index contributed by atoms with van der Waals surface area (Å²) in [6.45, 7) is 11.0. The molecule has 1 atom stereocenters. The third-order valence-corrected chi connectivity index (χ3v) is 4.39. The summed E-state index contributed by atoms with van der Waals surface area (Å²) in [7, 11) is 0. The minimum Gasteiger partial charge on any atom is -0.384 e. The van der Waals surface area contributed by atoms with Crippen LogP contribution < -0.4 is 10.6 Å². The number of aryl methyl sites for hydroxylation is 1. The molecular formula is C16H26N4. The van der Waals surface area contributed by atoms with Gasteiger partial charge in [-0.1, -0.05) is 6.92 Å². The molecule has 0 aromatic heterocycles. The Bertz CT molecular complexity index is 475. The predicted molar refractivity (Wildman–Crippen MR) is 85.7 cm³/mol. The molecule has 0 radical (unpaired) electrons. The number of nitrogens with one attached hydrogen (secondary N) is 1. The summed E-state index contributed by atoms with van der Waals surface area (Å²) in [4.78, 5) is 4.99. The van der Waals surface area contributed by atoms with Crippen molar-refractivity contribution in [2.45, 2.75) is 33.2 Å². The normalized spacial score (nSPS) is 18.1. The number of benzene rings is 1. The van der Waals surface area contributed by atoms with Gasteiger partial charge in [0.25, 0.3) is 0 Å². The topological polar surface area (TPSA) is 56.4 Å². The Hall–Kier alpha value is -1.55. The summed E-state index contributed by atoms with van der Waals surface area (Å²) in [5.41, 5.74) is 8.74. The number of nitrogens with zero attached hydrogens (tertiary/aromatic N) is 2. The number of nitrogens with two attached hydrogens (primary N) is 1. The van der Waals surface area contributed by atoms with Gasteiger partial charge in [-0.15, -0.1) is 0 Å². The highest BCUT2D eigenvalue weighted by Gasteiger charge is 2.20. The van der Waals surface area contributed by atoms with Crippen LogP contribution in [0, 0.1) is 12.3 Å². The van der Waals surface area contributed by atoms with Crippen molar-refractivity contribution < 1.29 is 0 Å². The molecule has 20 heavy (non-hydrogen) atoms. The highest BCUT2D eigenvalue weighted by atomic mass is 15.3. The van der Waals surface area contributed by atoms with Crippen LogP contribution in [0.15, 0.2) is 18.2 Å². The van der Waals surface area contributed by atoms with Gasteiger partial charge >= 0.3 is 0 Å². The number of piperazine rings is 1. The summed E-state index contributed by atoms with van der Waals surface area (Å²) >= 11 is 0. The van der Waals surface area contributed by atoms with Gasteiger partial charge in [0.1, 0.15) is 5.84 Å². The van der Waals surface area contributed by atoms with Crippen molar-refractivity contribution in [2.24, 2.45) is 5.73 Å². The minimum absolute atomic E-state index is 0.149. The largest absolute Gasteiger partial charge is 0.384 e. The zero-order chi connectivity index (χ0) is 14.7. The summed E-state index contributed by atoms with van der Waals surface area (Å²) < 4.78 is 0. The average molecular weight is 274 g/mol. The Labute approximate surface area is 122 Å². The fraction of sp³-hybridized carbons (Fsp3) is 0.562. The van der Waals surface area contributed by atoms with Crippen LogP contribution >= 0.6 is 0 Å². The molecule has 0 spiro atoms. The van der Waals surface area contributed by atoms with E-state index in [1.165, 1.54) is 12.1 Å². The number of rotatable bonds is 4. The van der Waals surface area contributed by atoms with Gasteiger partial charge in [0.05, 0.1) is 0 Å². The smallest absolute Gasteiger partial charge is 0.123 e. The summed E-state index contributed by atoms with van der Waals surface area (Å²) in [5, 5.41) is 7.54. The lowest BCUT2D eigenvalue weighted by atomic mass is 10.1. The van der Waals surface area contributed by atoms with E-state index in [1.807, 2.05) is 13.0 Å². The molecule has 0 aliphatic carbocycles. The van der Waals surface area contributed by atoms with Gasteiger partial charge in [-0.25, -0.2) is 0 Å². The van der Waals surface area contributed by atoms with Crippen LogP contribution in [0.1, 0.15) is 31.4 Å². The van der Waals surface area contributed by atoms with E-state index in [4.69, 9.17) is 11.1 Å². The Balaban J connectivity index is 2.04. The minimum atomic E-state index is 0.149. The van der Waals surface area contributed by atoms with E-state index < -0.39 is 0 Å². The molecule has 4 nitrogen and oxygen atoms in total. The molecule has 1 saturated heterocycles. The first kappa shape index (κ1) is 14.9. The summed E-state index contributed by atoms with van der Waals surface area (Å²) in [6.07, 6.45) is 1.21. The maximum atomic E-state index is 7.54. The van der Waals surface area contributed by atoms with Gasteiger partial charge in [0.15, 0.2) is 0 Å². The third-order valence-electron chi connectivity index (χ3n) is 4.39. The number of anilines is 1. The Kier molecular flexibility index (Phi) is 4.65. The molecule has 4 heteroatoms. The molecule has 0 bridgehead atoms. The van der Waals surface area contributed by atoms with Crippen LogP contribution in [-0.4, -0.2) is 43.0 Å². The SMILES string of the molecule is CCC(C)N1CCN(c2ccc(C(=N)N)c(C)c2)CC1. The molecule has 1 unspecified atom stereocenters. The molecule has 110 valence electrons. The van der Waals surface area contributed by atoms with Crippen molar-refractivity contribution >= 4 is 11.5 Å². The van der Waals surface area contributed by atoms with E-state index in [9.17, 15) is 0 Å². The molecule has 1 aliphatic rings. The molecule has 3 N–H and O–H groups in total. The van der Waals surface area contributed by atoms with Gasteiger partial charge in [-0.3, -0.25) is 10.3 Å². The van der Waals surface area contributed by atoms with Gasteiger partial charge in [-0.2, -0.15) is 0 Å². The van der Waals surface area contributed by atoms with Gasteiger partial charge in [0, 0.05) is 43.5 Å². The average Bonchev–Trinajstić information content (AvgIpc) is 2.46. The zero-order valence-corrected chi connectivity index (χ0v) is 12.8. The molecule has 2 rings (SSSR count). The monoisotopic (exact) mass is 274 g/mol. The van der Waals surface area contributed by atoms with Gasteiger partial charge in [-0.05, 0) is 44.0 Å². The van der Waals surface area contributed by atoms with Crippen molar-refractivity contribution in [1.82, 2.24) is 4.90 Å². The Morgan fingerprint density at radius 2 is 1.95 bits per heavy atom. The molecule has 1 aliphatic heterocycles. The quantitative estimate of drug-likeness (QED) is 0.654. The van der Waals surface area contributed by atoms with Gasteiger partial charge in [0.2, 0.25) is 0 Å².